The minimum atomic E-state index is -5.43. The number of anilines is 1. The van der Waals surface area contributed by atoms with Crippen molar-refractivity contribution in [2.75, 3.05) is 4.90 Å². The lowest BCUT2D eigenvalue weighted by atomic mass is 9.95. The topological polar surface area (TPSA) is 35.8 Å². The van der Waals surface area contributed by atoms with Gasteiger partial charge in [0, 0.05) is 11.3 Å². The van der Waals surface area contributed by atoms with Gasteiger partial charge in [0.2, 0.25) is 5.84 Å². The minimum Gasteiger partial charge on any atom is -0.359 e. The molecule has 1 N–H and O–H groups in total. The number of hydrogen-bond donors (Lipinski definition) is 1. The molecule has 1 aliphatic heterocycles. The lowest BCUT2D eigenvalue weighted by Gasteiger charge is -2.45. The summed E-state index contributed by atoms with van der Waals surface area (Å²) in [7, 11) is 0. The second-order valence-electron chi connectivity index (χ2n) is 5.29. The van der Waals surface area contributed by atoms with E-state index in [9.17, 15) is 31.4 Å². The van der Waals surface area contributed by atoms with Crippen molar-refractivity contribution in [1.82, 2.24) is 0 Å². The minimum absolute atomic E-state index is 0.227. The monoisotopic (exact) mass is 360 g/mol. The number of nitrogens with zero attached hydrogens (tertiary/aromatic N) is 2. The second-order valence-corrected chi connectivity index (χ2v) is 5.29. The first-order valence-corrected chi connectivity index (χ1v) is 6.96. The predicted octanol–water partition coefficient (Wildman–Crippen LogP) is 4.51. The standard InChI is InChI=1S/C16H10F6N2O/c17-15(18,19)13-23-12-9-5-4-8-11(12)14(25,16(20,21)22)24(13)10-6-2-1-3-7-10/h1-9,25H. The van der Waals surface area contributed by atoms with Crippen LogP contribution in [0, 0.1) is 0 Å². The van der Waals surface area contributed by atoms with Gasteiger partial charge in [-0.15, -0.1) is 0 Å². The maximum Gasteiger partial charge on any atom is 0.449 e. The molecule has 9 heteroatoms. The maximum absolute atomic E-state index is 13.8. The largest absolute Gasteiger partial charge is 0.449 e. The SMILES string of the molecule is OC1(C(F)(F)F)c2ccccc2N=C(C(F)(F)F)N1c1ccccc1. The van der Waals surface area contributed by atoms with E-state index in [4.69, 9.17) is 0 Å². The van der Waals surface area contributed by atoms with Crippen LogP contribution in [0.3, 0.4) is 0 Å². The molecule has 0 spiro atoms. The first kappa shape index (κ1) is 17.3. The molecule has 132 valence electrons. The van der Waals surface area contributed by atoms with E-state index in [2.05, 4.69) is 4.99 Å². The Balaban J connectivity index is 2.39. The average molecular weight is 360 g/mol. The van der Waals surface area contributed by atoms with E-state index in [1.165, 1.54) is 30.3 Å². The highest BCUT2D eigenvalue weighted by atomic mass is 19.4. The van der Waals surface area contributed by atoms with Gasteiger partial charge in [-0.1, -0.05) is 36.4 Å². The lowest BCUT2D eigenvalue weighted by molar-refractivity contribution is -0.263. The molecule has 1 unspecified atom stereocenters. The Bertz CT molecular complexity index is 815. The Labute approximate surface area is 137 Å². The summed E-state index contributed by atoms with van der Waals surface area (Å²) in [5.74, 6) is -1.85. The molecule has 1 atom stereocenters. The van der Waals surface area contributed by atoms with Crippen molar-refractivity contribution in [3.8, 4) is 0 Å². The Morgan fingerprint density at radius 3 is 1.96 bits per heavy atom. The van der Waals surface area contributed by atoms with Crippen LogP contribution in [0.25, 0.3) is 0 Å². The second kappa shape index (κ2) is 5.48. The Hall–Kier alpha value is -2.55. The van der Waals surface area contributed by atoms with Gasteiger partial charge in [-0.25, -0.2) is 4.99 Å². The summed E-state index contributed by atoms with van der Waals surface area (Å²) >= 11 is 0. The third kappa shape index (κ3) is 2.64. The van der Waals surface area contributed by atoms with Crippen molar-refractivity contribution in [2.45, 2.75) is 18.1 Å². The molecule has 0 aromatic heterocycles. The van der Waals surface area contributed by atoms with Crippen LogP contribution >= 0.6 is 0 Å². The van der Waals surface area contributed by atoms with Gasteiger partial charge in [0.05, 0.1) is 5.69 Å². The number of para-hydroxylation sites is 2. The lowest BCUT2D eigenvalue weighted by Crippen LogP contribution is -2.63. The quantitative estimate of drug-likeness (QED) is 0.760. The van der Waals surface area contributed by atoms with Gasteiger partial charge in [-0.05, 0) is 18.2 Å². The van der Waals surface area contributed by atoms with Crippen molar-refractivity contribution in [3.63, 3.8) is 0 Å². The van der Waals surface area contributed by atoms with Gasteiger partial charge < -0.3 is 5.11 Å². The van der Waals surface area contributed by atoms with Crippen LogP contribution in [0.1, 0.15) is 5.56 Å². The number of alkyl halides is 6. The molecule has 1 aliphatic rings. The van der Waals surface area contributed by atoms with Crippen LogP contribution in [-0.2, 0) is 5.72 Å². The van der Waals surface area contributed by atoms with Gasteiger partial charge in [-0.3, -0.25) is 4.90 Å². The number of benzene rings is 2. The first-order valence-electron chi connectivity index (χ1n) is 6.96. The van der Waals surface area contributed by atoms with E-state index < -0.39 is 40.9 Å². The first-order chi connectivity index (χ1) is 11.6. The molecular formula is C16H10F6N2O. The normalized spacial score (nSPS) is 20.9. The fourth-order valence-electron chi connectivity index (χ4n) is 2.66. The third-order valence-corrected chi connectivity index (χ3v) is 3.70. The molecule has 0 amide bonds. The van der Waals surface area contributed by atoms with Crippen LogP contribution in [0.15, 0.2) is 59.6 Å². The molecule has 2 aromatic rings. The molecule has 0 aliphatic carbocycles. The molecule has 0 radical (unpaired) electrons. The average Bonchev–Trinajstić information content (AvgIpc) is 2.53. The molecule has 0 saturated heterocycles. The smallest absolute Gasteiger partial charge is 0.359 e. The van der Waals surface area contributed by atoms with Crippen LogP contribution in [-0.4, -0.2) is 23.3 Å². The molecule has 0 saturated carbocycles. The zero-order valence-electron chi connectivity index (χ0n) is 12.3. The summed E-state index contributed by atoms with van der Waals surface area (Å²) < 4.78 is 81.7. The highest BCUT2D eigenvalue weighted by Crippen LogP contribution is 2.51. The number of fused-ring (bicyclic) bond motifs is 1. The Morgan fingerprint density at radius 2 is 1.40 bits per heavy atom. The zero-order chi connectivity index (χ0) is 18.5. The molecule has 1 heterocycles. The predicted molar refractivity (Wildman–Crippen MR) is 78.5 cm³/mol. The summed E-state index contributed by atoms with van der Waals surface area (Å²) in [6.07, 6.45) is -10.6. The van der Waals surface area contributed by atoms with E-state index in [-0.39, 0.29) is 4.90 Å². The Morgan fingerprint density at radius 1 is 0.840 bits per heavy atom. The number of amidine groups is 1. The van der Waals surface area contributed by atoms with E-state index in [0.717, 1.165) is 24.3 Å². The molecule has 25 heavy (non-hydrogen) atoms. The van der Waals surface area contributed by atoms with E-state index >= 15 is 0 Å². The molecule has 3 rings (SSSR count). The molecule has 0 fully saturated rings. The number of aliphatic imine (C=N–C) groups is 1. The van der Waals surface area contributed by atoms with Gasteiger partial charge >= 0.3 is 12.4 Å². The summed E-state index contributed by atoms with van der Waals surface area (Å²) in [6.45, 7) is 0. The number of hydrogen-bond acceptors (Lipinski definition) is 3. The van der Waals surface area contributed by atoms with Crippen LogP contribution in [0.4, 0.5) is 37.7 Å². The Kier molecular flexibility index (Phi) is 3.79. The zero-order valence-corrected chi connectivity index (χ0v) is 12.3. The van der Waals surface area contributed by atoms with Crippen molar-refractivity contribution in [3.05, 3.63) is 60.2 Å². The summed E-state index contributed by atoms with van der Waals surface area (Å²) in [6, 6.07) is 10.3. The van der Waals surface area contributed by atoms with Crippen LogP contribution in [0.5, 0.6) is 0 Å². The van der Waals surface area contributed by atoms with Crippen molar-refractivity contribution in [2.24, 2.45) is 4.99 Å². The van der Waals surface area contributed by atoms with Crippen LogP contribution in [0.2, 0.25) is 0 Å². The van der Waals surface area contributed by atoms with Crippen molar-refractivity contribution in [1.29, 1.82) is 0 Å². The van der Waals surface area contributed by atoms with Gasteiger partial charge in [-0.2, -0.15) is 26.3 Å². The summed E-state index contributed by atoms with van der Waals surface area (Å²) in [5, 5.41) is 10.5. The summed E-state index contributed by atoms with van der Waals surface area (Å²) in [4.78, 5) is 3.11. The third-order valence-electron chi connectivity index (χ3n) is 3.70. The highest BCUT2D eigenvalue weighted by molar-refractivity contribution is 6.06. The van der Waals surface area contributed by atoms with Crippen molar-refractivity contribution >= 4 is 17.2 Å². The maximum atomic E-state index is 13.8. The van der Waals surface area contributed by atoms with E-state index in [0.29, 0.717) is 0 Å². The number of rotatable bonds is 1. The van der Waals surface area contributed by atoms with Gasteiger partial charge in [0.1, 0.15) is 0 Å². The number of aliphatic hydroxyl groups is 1. The van der Waals surface area contributed by atoms with Gasteiger partial charge in [0.15, 0.2) is 0 Å². The van der Waals surface area contributed by atoms with Crippen LogP contribution < -0.4 is 4.90 Å². The summed E-state index contributed by atoms with van der Waals surface area (Å²) in [5.41, 5.74) is -5.79. The molecule has 2 aromatic carbocycles. The number of halogens is 6. The van der Waals surface area contributed by atoms with E-state index in [1.54, 1.807) is 0 Å². The molecule has 3 nitrogen and oxygen atoms in total. The van der Waals surface area contributed by atoms with Crippen molar-refractivity contribution < 1.29 is 31.4 Å². The van der Waals surface area contributed by atoms with Gasteiger partial charge in [0.25, 0.3) is 5.72 Å². The highest BCUT2D eigenvalue weighted by Gasteiger charge is 2.65. The van der Waals surface area contributed by atoms with E-state index in [1.807, 2.05) is 0 Å². The molecule has 0 bridgehead atoms. The fourth-order valence-corrected chi connectivity index (χ4v) is 2.66. The fraction of sp³-hybridized carbons (Fsp3) is 0.188. The molecular weight excluding hydrogens is 350 g/mol.